The fourth-order valence-corrected chi connectivity index (χ4v) is 4.96. The SMILES string of the molecule is CC1(C)Cc2cc(NC(=O)N3CC(c4ccc5c(c4)OCO5)C(c4ccc(OC(F)F)cc4)=N3)ccc2O1. The summed E-state index contributed by atoms with van der Waals surface area (Å²) in [5, 5.41) is 8.95. The summed E-state index contributed by atoms with van der Waals surface area (Å²) < 4.78 is 46.6. The highest BCUT2D eigenvalue weighted by atomic mass is 19.3. The van der Waals surface area contributed by atoms with Gasteiger partial charge in [0.05, 0.1) is 12.3 Å². The van der Waals surface area contributed by atoms with Gasteiger partial charge in [0.15, 0.2) is 11.5 Å². The van der Waals surface area contributed by atoms with E-state index >= 15 is 0 Å². The zero-order chi connectivity index (χ0) is 26.4. The summed E-state index contributed by atoms with van der Waals surface area (Å²) in [5.74, 6) is 1.84. The number of anilines is 1. The zero-order valence-electron chi connectivity index (χ0n) is 20.7. The van der Waals surface area contributed by atoms with Crippen molar-refractivity contribution in [2.75, 3.05) is 18.7 Å². The molecule has 1 atom stereocenters. The lowest BCUT2D eigenvalue weighted by Gasteiger charge is -2.17. The normalized spacial score (nSPS) is 18.7. The third kappa shape index (κ3) is 4.69. The van der Waals surface area contributed by atoms with E-state index in [2.05, 4.69) is 15.2 Å². The smallest absolute Gasteiger partial charge is 0.387 e. The minimum absolute atomic E-state index is 0.0420. The Morgan fingerprint density at radius 2 is 1.82 bits per heavy atom. The number of nitrogens with zero attached hydrogens (tertiary/aromatic N) is 2. The van der Waals surface area contributed by atoms with E-state index in [-0.39, 0.29) is 36.6 Å². The molecule has 6 rings (SSSR count). The summed E-state index contributed by atoms with van der Waals surface area (Å²) in [4.78, 5) is 13.3. The second-order valence-corrected chi connectivity index (χ2v) is 9.93. The van der Waals surface area contributed by atoms with Gasteiger partial charge in [-0.25, -0.2) is 9.80 Å². The Morgan fingerprint density at radius 3 is 2.61 bits per heavy atom. The maximum atomic E-state index is 13.3. The molecule has 38 heavy (non-hydrogen) atoms. The van der Waals surface area contributed by atoms with Crippen LogP contribution in [0.4, 0.5) is 19.3 Å². The average molecular weight is 522 g/mol. The quantitative estimate of drug-likeness (QED) is 0.461. The van der Waals surface area contributed by atoms with Crippen LogP contribution >= 0.6 is 0 Å². The fraction of sp³-hybridized carbons (Fsp3) is 0.286. The molecule has 1 unspecified atom stereocenters. The van der Waals surface area contributed by atoms with Crippen LogP contribution in [-0.2, 0) is 6.42 Å². The van der Waals surface area contributed by atoms with Crippen molar-refractivity contribution in [1.29, 1.82) is 0 Å². The molecule has 196 valence electrons. The van der Waals surface area contributed by atoms with E-state index in [9.17, 15) is 13.6 Å². The summed E-state index contributed by atoms with van der Waals surface area (Å²) in [6.07, 6.45) is 0.746. The molecule has 8 nitrogen and oxygen atoms in total. The van der Waals surface area contributed by atoms with Crippen molar-refractivity contribution in [2.45, 2.75) is 38.4 Å². The standard InChI is InChI=1S/C28H25F2N3O5/c1-28(2)13-18-11-19(6-10-22(18)38-28)31-27(34)33-14-21(17-5-9-23-24(12-17)36-15-35-23)25(32-33)16-3-7-20(8-4-16)37-26(29)30/h3-12,21,26H,13-15H2,1-2H3,(H,31,34). The number of nitrogens with one attached hydrogen (secondary N) is 1. The first-order valence-corrected chi connectivity index (χ1v) is 12.2. The predicted molar refractivity (Wildman–Crippen MR) is 135 cm³/mol. The Kier molecular flexibility index (Phi) is 5.81. The minimum Gasteiger partial charge on any atom is -0.487 e. The highest BCUT2D eigenvalue weighted by molar-refractivity contribution is 6.08. The van der Waals surface area contributed by atoms with Crippen LogP contribution in [0.25, 0.3) is 0 Å². The highest BCUT2D eigenvalue weighted by Crippen LogP contribution is 2.39. The first-order chi connectivity index (χ1) is 18.2. The molecule has 3 heterocycles. The number of urea groups is 1. The lowest BCUT2D eigenvalue weighted by atomic mass is 9.90. The number of amides is 2. The van der Waals surface area contributed by atoms with Crippen LogP contribution in [-0.4, -0.2) is 42.3 Å². The van der Waals surface area contributed by atoms with E-state index in [0.29, 0.717) is 28.5 Å². The number of halogens is 2. The topological polar surface area (TPSA) is 81.6 Å². The van der Waals surface area contributed by atoms with Crippen LogP contribution < -0.4 is 24.3 Å². The van der Waals surface area contributed by atoms with Gasteiger partial charge in [0.25, 0.3) is 0 Å². The van der Waals surface area contributed by atoms with Crippen molar-refractivity contribution in [3.05, 3.63) is 77.4 Å². The number of carbonyl (C=O) groups is 1. The van der Waals surface area contributed by atoms with Gasteiger partial charge in [0.1, 0.15) is 17.1 Å². The van der Waals surface area contributed by atoms with Crippen LogP contribution in [0.5, 0.6) is 23.0 Å². The Hall–Kier alpha value is -4.34. The molecule has 0 aromatic heterocycles. The average Bonchev–Trinajstić information content (AvgIpc) is 3.59. The van der Waals surface area contributed by atoms with Gasteiger partial charge in [0, 0.05) is 23.6 Å². The molecule has 10 heteroatoms. The molecule has 0 spiro atoms. The summed E-state index contributed by atoms with van der Waals surface area (Å²) in [6, 6.07) is 17.0. The monoisotopic (exact) mass is 521 g/mol. The molecule has 3 aliphatic rings. The van der Waals surface area contributed by atoms with Gasteiger partial charge in [0.2, 0.25) is 6.79 Å². The molecule has 0 saturated heterocycles. The summed E-state index contributed by atoms with van der Waals surface area (Å²) in [5.41, 5.74) is 3.57. The van der Waals surface area contributed by atoms with E-state index in [1.807, 2.05) is 44.2 Å². The second-order valence-electron chi connectivity index (χ2n) is 9.93. The van der Waals surface area contributed by atoms with E-state index in [1.54, 1.807) is 18.2 Å². The number of hydrazone groups is 1. The summed E-state index contributed by atoms with van der Waals surface area (Å²) in [6.45, 7) is 1.55. The predicted octanol–water partition coefficient (Wildman–Crippen LogP) is 5.77. The molecule has 0 aliphatic carbocycles. The van der Waals surface area contributed by atoms with Crippen LogP contribution in [0, 0.1) is 0 Å². The lowest BCUT2D eigenvalue weighted by molar-refractivity contribution is -0.0498. The molecule has 2 amide bonds. The van der Waals surface area contributed by atoms with E-state index in [0.717, 1.165) is 23.3 Å². The number of alkyl halides is 2. The van der Waals surface area contributed by atoms with E-state index in [1.165, 1.54) is 17.1 Å². The van der Waals surface area contributed by atoms with E-state index < -0.39 is 6.61 Å². The Bertz CT molecular complexity index is 1420. The van der Waals surface area contributed by atoms with Crippen LogP contribution in [0.3, 0.4) is 0 Å². The number of hydrogen-bond donors (Lipinski definition) is 1. The van der Waals surface area contributed by atoms with Crippen molar-refractivity contribution >= 4 is 17.4 Å². The Labute approximate surface area is 217 Å². The molecule has 0 bridgehead atoms. The van der Waals surface area contributed by atoms with Crippen molar-refractivity contribution in [2.24, 2.45) is 5.10 Å². The van der Waals surface area contributed by atoms with Gasteiger partial charge >= 0.3 is 12.6 Å². The number of benzene rings is 3. The molecular formula is C28H25F2N3O5. The summed E-state index contributed by atoms with van der Waals surface area (Å²) in [7, 11) is 0. The zero-order valence-corrected chi connectivity index (χ0v) is 20.7. The molecule has 3 aliphatic heterocycles. The first-order valence-electron chi connectivity index (χ1n) is 12.2. The van der Waals surface area contributed by atoms with E-state index in [4.69, 9.17) is 14.2 Å². The number of carbonyl (C=O) groups excluding carboxylic acids is 1. The number of hydrogen-bond acceptors (Lipinski definition) is 6. The van der Waals surface area contributed by atoms with Gasteiger partial charge in [-0.05, 0) is 79.6 Å². The van der Waals surface area contributed by atoms with Crippen molar-refractivity contribution in [3.63, 3.8) is 0 Å². The largest absolute Gasteiger partial charge is 0.487 e. The maximum Gasteiger partial charge on any atom is 0.387 e. The number of ether oxygens (including phenoxy) is 4. The van der Waals surface area contributed by atoms with Gasteiger partial charge in [-0.15, -0.1) is 0 Å². The molecule has 1 N–H and O–H groups in total. The fourth-order valence-electron chi connectivity index (χ4n) is 4.96. The minimum atomic E-state index is -2.91. The third-order valence-corrected chi connectivity index (χ3v) is 6.64. The maximum absolute atomic E-state index is 13.3. The molecule has 0 fully saturated rings. The van der Waals surface area contributed by atoms with Gasteiger partial charge < -0.3 is 24.3 Å². The molecule has 3 aromatic rings. The number of rotatable bonds is 5. The molecule has 0 radical (unpaired) electrons. The van der Waals surface area contributed by atoms with Gasteiger partial charge in [-0.1, -0.05) is 6.07 Å². The number of fused-ring (bicyclic) bond motifs is 2. The Morgan fingerprint density at radius 1 is 1.05 bits per heavy atom. The van der Waals surface area contributed by atoms with Crippen molar-refractivity contribution in [3.8, 4) is 23.0 Å². The lowest BCUT2D eigenvalue weighted by Crippen LogP contribution is -2.30. The Balaban J connectivity index is 1.27. The van der Waals surface area contributed by atoms with Crippen LogP contribution in [0.2, 0.25) is 0 Å². The third-order valence-electron chi connectivity index (χ3n) is 6.64. The second kappa shape index (κ2) is 9.20. The first kappa shape index (κ1) is 24.0. The summed E-state index contributed by atoms with van der Waals surface area (Å²) >= 11 is 0. The molecule has 3 aromatic carbocycles. The molecular weight excluding hydrogens is 496 g/mol. The molecule has 0 saturated carbocycles. The van der Waals surface area contributed by atoms with Crippen molar-refractivity contribution < 1.29 is 32.5 Å². The van der Waals surface area contributed by atoms with Gasteiger partial charge in [-0.2, -0.15) is 13.9 Å². The van der Waals surface area contributed by atoms with Crippen LogP contribution in [0.1, 0.15) is 36.5 Å². The van der Waals surface area contributed by atoms with Crippen molar-refractivity contribution in [1.82, 2.24) is 5.01 Å². The highest BCUT2D eigenvalue weighted by Gasteiger charge is 2.34. The van der Waals surface area contributed by atoms with Gasteiger partial charge in [-0.3, -0.25) is 0 Å². The van der Waals surface area contributed by atoms with Crippen LogP contribution in [0.15, 0.2) is 65.8 Å².